The van der Waals surface area contributed by atoms with Crippen LogP contribution in [-0.2, 0) is 9.59 Å². The number of amides is 2. The summed E-state index contributed by atoms with van der Waals surface area (Å²) in [5.41, 5.74) is 0. The summed E-state index contributed by atoms with van der Waals surface area (Å²) in [5, 5.41) is 8.91. The largest absolute Gasteiger partial charge is 0.356 e. The zero-order valence-corrected chi connectivity index (χ0v) is 11.4. The van der Waals surface area contributed by atoms with Crippen LogP contribution in [0.5, 0.6) is 0 Å². The Morgan fingerprint density at radius 1 is 1.22 bits per heavy atom. The Bertz CT molecular complexity index is 273. The first kappa shape index (κ1) is 15.0. The summed E-state index contributed by atoms with van der Waals surface area (Å²) >= 11 is 0. The molecule has 3 N–H and O–H groups in total. The predicted octanol–water partition coefficient (Wildman–Crippen LogP) is 0.265. The summed E-state index contributed by atoms with van der Waals surface area (Å²) in [4.78, 5) is 23.2. The second-order valence-electron chi connectivity index (χ2n) is 5.26. The van der Waals surface area contributed by atoms with E-state index in [4.69, 9.17) is 0 Å². The van der Waals surface area contributed by atoms with Gasteiger partial charge in [-0.1, -0.05) is 13.8 Å². The standard InChI is InChI=1S/C13H25N3O2/c1-10(2)9-16-12(17)5-8-15-13(18)11-3-6-14-7-4-11/h10-11,14H,3-9H2,1-2H3,(H,15,18)(H,16,17). The minimum absolute atomic E-state index is 0.00862. The Labute approximate surface area is 109 Å². The number of piperidine rings is 1. The summed E-state index contributed by atoms with van der Waals surface area (Å²) in [6, 6.07) is 0. The van der Waals surface area contributed by atoms with Gasteiger partial charge in [-0.3, -0.25) is 9.59 Å². The summed E-state index contributed by atoms with van der Waals surface area (Å²) in [5.74, 6) is 0.672. The Hall–Kier alpha value is -1.10. The van der Waals surface area contributed by atoms with E-state index in [1.165, 1.54) is 0 Å². The highest BCUT2D eigenvalue weighted by atomic mass is 16.2. The first-order valence-electron chi connectivity index (χ1n) is 6.84. The van der Waals surface area contributed by atoms with Gasteiger partial charge in [-0.15, -0.1) is 0 Å². The Kier molecular flexibility index (Phi) is 6.72. The molecular weight excluding hydrogens is 230 g/mol. The van der Waals surface area contributed by atoms with E-state index in [0.717, 1.165) is 25.9 Å². The lowest BCUT2D eigenvalue weighted by Crippen LogP contribution is -2.39. The van der Waals surface area contributed by atoms with E-state index in [9.17, 15) is 9.59 Å². The van der Waals surface area contributed by atoms with Gasteiger partial charge in [0.2, 0.25) is 11.8 Å². The van der Waals surface area contributed by atoms with Gasteiger partial charge < -0.3 is 16.0 Å². The van der Waals surface area contributed by atoms with Crippen molar-refractivity contribution in [2.45, 2.75) is 33.1 Å². The fourth-order valence-corrected chi connectivity index (χ4v) is 1.93. The first-order chi connectivity index (χ1) is 8.59. The molecule has 5 nitrogen and oxygen atoms in total. The molecular formula is C13H25N3O2. The highest BCUT2D eigenvalue weighted by Gasteiger charge is 2.20. The minimum Gasteiger partial charge on any atom is -0.356 e. The molecule has 1 saturated heterocycles. The van der Waals surface area contributed by atoms with E-state index in [1.807, 2.05) is 0 Å². The average Bonchev–Trinajstić information content (AvgIpc) is 2.37. The summed E-state index contributed by atoms with van der Waals surface area (Å²) in [7, 11) is 0. The van der Waals surface area contributed by atoms with Crippen LogP contribution in [0, 0.1) is 11.8 Å². The maximum atomic E-state index is 11.8. The van der Waals surface area contributed by atoms with Crippen molar-refractivity contribution in [1.82, 2.24) is 16.0 Å². The second kappa shape index (κ2) is 8.08. The molecule has 0 aromatic carbocycles. The molecule has 0 unspecified atom stereocenters. The lowest BCUT2D eigenvalue weighted by atomic mass is 9.97. The van der Waals surface area contributed by atoms with E-state index in [0.29, 0.717) is 25.4 Å². The van der Waals surface area contributed by atoms with Gasteiger partial charge in [-0.25, -0.2) is 0 Å². The summed E-state index contributed by atoms with van der Waals surface area (Å²) < 4.78 is 0. The van der Waals surface area contributed by atoms with Crippen LogP contribution in [0.2, 0.25) is 0 Å². The highest BCUT2D eigenvalue weighted by Crippen LogP contribution is 2.10. The smallest absolute Gasteiger partial charge is 0.223 e. The van der Waals surface area contributed by atoms with Crippen LogP contribution in [0.1, 0.15) is 33.1 Å². The third-order valence-electron chi connectivity index (χ3n) is 3.07. The van der Waals surface area contributed by atoms with E-state index < -0.39 is 0 Å². The number of nitrogens with one attached hydrogen (secondary N) is 3. The minimum atomic E-state index is 0.00862. The van der Waals surface area contributed by atoms with Crippen molar-refractivity contribution in [3.05, 3.63) is 0 Å². The molecule has 0 atom stereocenters. The van der Waals surface area contributed by atoms with Crippen LogP contribution >= 0.6 is 0 Å². The zero-order valence-electron chi connectivity index (χ0n) is 11.4. The molecule has 0 aliphatic carbocycles. The zero-order chi connectivity index (χ0) is 13.4. The van der Waals surface area contributed by atoms with Gasteiger partial charge >= 0.3 is 0 Å². The Balaban J connectivity index is 2.09. The fourth-order valence-electron chi connectivity index (χ4n) is 1.93. The monoisotopic (exact) mass is 255 g/mol. The Morgan fingerprint density at radius 2 is 1.89 bits per heavy atom. The summed E-state index contributed by atoms with van der Waals surface area (Å²) in [6.07, 6.45) is 2.15. The molecule has 1 aliphatic heterocycles. The highest BCUT2D eigenvalue weighted by molar-refractivity contribution is 5.80. The van der Waals surface area contributed by atoms with Crippen molar-refractivity contribution < 1.29 is 9.59 Å². The maximum absolute atomic E-state index is 11.8. The van der Waals surface area contributed by atoms with Crippen molar-refractivity contribution in [2.75, 3.05) is 26.2 Å². The van der Waals surface area contributed by atoms with E-state index >= 15 is 0 Å². The van der Waals surface area contributed by atoms with Crippen molar-refractivity contribution in [3.63, 3.8) is 0 Å². The molecule has 0 aromatic rings. The number of carbonyl (C=O) groups is 2. The molecule has 0 bridgehead atoms. The van der Waals surface area contributed by atoms with Gasteiger partial charge in [0.05, 0.1) is 0 Å². The van der Waals surface area contributed by atoms with Crippen LogP contribution in [0.3, 0.4) is 0 Å². The molecule has 1 aliphatic rings. The van der Waals surface area contributed by atoms with Crippen LogP contribution in [0.15, 0.2) is 0 Å². The normalized spacial score (nSPS) is 16.6. The van der Waals surface area contributed by atoms with E-state index in [1.54, 1.807) is 0 Å². The van der Waals surface area contributed by atoms with Gasteiger partial charge in [0.15, 0.2) is 0 Å². The third-order valence-corrected chi connectivity index (χ3v) is 3.07. The molecule has 1 heterocycles. The van der Waals surface area contributed by atoms with Gasteiger partial charge in [-0.05, 0) is 31.8 Å². The van der Waals surface area contributed by atoms with Crippen molar-refractivity contribution in [3.8, 4) is 0 Å². The third kappa shape index (κ3) is 6.00. The second-order valence-corrected chi connectivity index (χ2v) is 5.26. The number of hydrogen-bond acceptors (Lipinski definition) is 3. The molecule has 18 heavy (non-hydrogen) atoms. The molecule has 1 rings (SSSR count). The number of carbonyl (C=O) groups excluding carboxylic acids is 2. The van der Waals surface area contributed by atoms with Crippen LogP contribution in [0.4, 0.5) is 0 Å². The predicted molar refractivity (Wildman–Crippen MR) is 71.1 cm³/mol. The van der Waals surface area contributed by atoms with Gasteiger partial charge in [0.25, 0.3) is 0 Å². The van der Waals surface area contributed by atoms with Crippen molar-refractivity contribution >= 4 is 11.8 Å². The van der Waals surface area contributed by atoms with Crippen molar-refractivity contribution in [2.24, 2.45) is 11.8 Å². The molecule has 1 fully saturated rings. The fraction of sp³-hybridized carbons (Fsp3) is 0.846. The van der Waals surface area contributed by atoms with Crippen molar-refractivity contribution in [1.29, 1.82) is 0 Å². The topological polar surface area (TPSA) is 70.2 Å². The lowest BCUT2D eigenvalue weighted by molar-refractivity contribution is -0.126. The molecule has 104 valence electrons. The van der Waals surface area contributed by atoms with Gasteiger partial charge in [0, 0.05) is 25.4 Å². The maximum Gasteiger partial charge on any atom is 0.223 e. The average molecular weight is 255 g/mol. The van der Waals surface area contributed by atoms with E-state index in [2.05, 4.69) is 29.8 Å². The molecule has 0 radical (unpaired) electrons. The molecule has 0 aromatic heterocycles. The van der Waals surface area contributed by atoms with Crippen LogP contribution in [-0.4, -0.2) is 38.0 Å². The molecule has 5 heteroatoms. The quantitative estimate of drug-likeness (QED) is 0.638. The molecule has 2 amide bonds. The summed E-state index contributed by atoms with van der Waals surface area (Å²) in [6.45, 7) is 7.06. The number of hydrogen-bond donors (Lipinski definition) is 3. The molecule has 0 saturated carbocycles. The molecule has 0 spiro atoms. The SMILES string of the molecule is CC(C)CNC(=O)CCNC(=O)C1CCNCC1. The van der Waals surface area contributed by atoms with Crippen LogP contribution in [0.25, 0.3) is 0 Å². The van der Waals surface area contributed by atoms with Crippen LogP contribution < -0.4 is 16.0 Å². The first-order valence-corrected chi connectivity index (χ1v) is 6.84. The van der Waals surface area contributed by atoms with Gasteiger partial charge in [0.1, 0.15) is 0 Å². The number of rotatable bonds is 6. The van der Waals surface area contributed by atoms with Gasteiger partial charge in [-0.2, -0.15) is 0 Å². The Morgan fingerprint density at radius 3 is 2.50 bits per heavy atom. The lowest BCUT2D eigenvalue weighted by Gasteiger charge is -2.21. The van der Waals surface area contributed by atoms with E-state index in [-0.39, 0.29) is 17.7 Å².